The topological polar surface area (TPSA) is 29.1 Å². The first-order valence-electron chi connectivity index (χ1n) is 4.72. The Bertz CT molecular complexity index is 401. The van der Waals surface area contributed by atoms with E-state index >= 15 is 0 Å². The zero-order chi connectivity index (χ0) is 12.3. The number of halogens is 3. The highest BCUT2D eigenvalue weighted by Gasteiger charge is 2.22. The average molecular weight is 292 g/mol. The number of benzene rings is 1. The molecule has 1 rings (SSSR count). The van der Waals surface area contributed by atoms with E-state index in [0.29, 0.717) is 10.0 Å². The van der Waals surface area contributed by atoms with Gasteiger partial charge in [0.05, 0.1) is 12.1 Å². The first-order valence-corrected chi connectivity index (χ1v) is 5.52. The van der Waals surface area contributed by atoms with E-state index in [1.807, 2.05) is 13.0 Å². The van der Waals surface area contributed by atoms with Gasteiger partial charge in [-0.25, -0.2) is 8.78 Å². The van der Waals surface area contributed by atoms with E-state index in [-0.39, 0.29) is 0 Å². The summed E-state index contributed by atoms with van der Waals surface area (Å²) < 4.78 is 25.7. The van der Waals surface area contributed by atoms with Gasteiger partial charge in [-0.2, -0.15) is 0 Å². The van der Waals surface area contributed by atoms with Crippen molar-refractivity contribution in [2.24, 2.45) is 0 Å². The van der Waals surface area contributed by atoms with Gasteiger partial charge in [-0.3, -0.25) is 4.79 Å². The second kappa shape index (κ2) is 4.91. The molecule has 2 nitrogen and oxygen atoms in total. The summed E-state index contributed by atoms with van der Waals surface area (Å²) >= 11 is 3.25. The Morgan fingerprint density at radius 3 is 2.69 bits per heavy atom. The molecule has 0 fully saturated rings. The Morgan fingerprint density at radius 2 is 2.12 bits per heavy atom. The molecule has 0 saturated heterocycles. The highest BCUT2D eigenvalue weighted by molar-refractivity contribution is 9.10. The van der Waals surface area contributed by atoms with Crippen molar-refractivity contribution in [1.29, 1.82) is 0 Å². The van der Waals surface area contributed by atoms with E-state index in [1.54, 1.807) is 12.1 Å². The van der Waals surface area contributed by atoms with Crippen LogP contribution in [0.1, 0.15) is 22.8 Å². The van der Waals surface area contributed by atoms with Crippen LogP contribution in [-0.2, 0) is 0 Å². The van der Waals surface area contributed by atoms with E-state index in [4.69, 9.17) is 0 Å². The maximum Gasteiger partial charge on any atom is 0.262 e. The summed E-state index contributed by atoms with van der Waals surface area (Å²) in [6.45, 7) is 1.93. The Kier molecular flexibility index (Phi) is 4.02. The number of amides is 1. The van der Waals surface area contributed by atoms with E-state index < -0.39 is 18.4 Å². The molecule has 0 aliphatic heterocycles. The second-order valence-corrected chi connectivity index (χ2v) is 4.48. The van der Waals surface area contributed by atoms with Crippen molar-refractivity contribution in [3.05, 3.63) is 33.8 Å². The quantitative estimate of drug-likeness (QED) is 0.911. The van der Waals surface area contributed by atoms with Gasteiger partial charge >= 0.3 is 0 Å². The lowest BCUT2D eigenvalue weighted by atomic mass is 10.1. The molecule has 0 aromatic heterocycles. The van der Waals surface area contributed by atoms with E-state index in [1.165, 1.54) is 0 Å². The zero-order valence-electron chi connectivity index (χ0n) is 8.98. The number of aryl methyl sites for hydroxylation is 1. The molecule has 0 aliphatic rings. The fourth-order valence-corrected chi connectivity index (χ4v) is 1.60. The highest BCUT2D eigenvalue weighted by atomic mass is 79.9. The molecule has 1 amide bonds. The fraction of sp³-hybridized carbons (Fsp3) is 0.364. The van der Waals surface area contributed by atoms with Gasteiger partial charge in [-0.15, -0.1) is 0 Å². The molecule has 0 saturated carbocycles. The first kappa shape index (κ1) is 13.1. The second-order valence-electron chi connectivity index (χ2n) is 3.69. The van der Waals surface area contributed by atoms with Crippen LogP contribution in [-0.4, -0.2) is 18.4 Å². The summed E-state index contributed by atoms with van der Waals surface area (Å²) in [5, 5.41) is 2.19. The van der Waals surface area contributed by atoms with Gasteiger partial charge in [0, 0.05) is 11.4 Å². The molecule has 0 unspecified atom stereocenters. The SMILES string of the molecule is Cc1cccc(C(=O)NCC(C)(F)F)c1Br. The normalized spacial score (nSPS) is 11.3. The number of hydrogen-bond acceptors (Lipinski definition) is 1. The Labute approximate surface area is 101 Å². The summed E-state index contributed by atoms with van der Waals surface area (Å²) in [6.07, 6.45) is 0. The van der Waals surface area contributed by atoms with Gasteiger partial charge in [0.1, 0.15) is 0 Å². The molecule has 0 heterocycles. The molecule has 16 heavy (non-hydrogen) atoms. The number of nitrogens with one attached hydrogen (secondary N) is 1. The predicted molar refractivity (Wildman–Crippen MR) is 61.8 cm³/mol. The minimum Gasteiger partial charge on any atom is -0.346 e. The van der Waals surface area contributed by atoms with Crippen molar-refractivity contribution in [3.8, 4) is 0 Å². The molecule has 88 valence electrons. The van der Waals surface area contributed by atoms with Crippen LogP contribution in [0.5, 0.6) is 0 Å². The summed E-state index contributed by atoms with van der Waals surface area (Å²) in [5.74, 6) is -3.40. The third-order valence-corrected chi connectivity index (χ3v) is 3.05. The largest absolute Gasteiger partial charge is 0.346 e. The average Bonchev–Trinajstić information content (AvgIpc) is 2.17. The maximum atomic E-state index is 12.6. The van der Waals surface area contributed by atoms with Gasteiger partial charge in [0.25, 0.3) is 11.8 Å². The number of carbonyl (C=O) groups is 1. The Morgan fingerprint density at radius 1 is 1.50 bits per heavy atom. The van der Waals surface area contributed by atoms with Crippen molar-refractivity contribution in [1.82, 2.24) is 5.32 Å². The molecule has 1 aromatic carbocycles. The molecule has 0 spiro atoms. The van der Waals surface area contributed by atoms with Crippen molar-refractivity contribution >= 4 is 21.8 Å². The summed E-state index contributed by atoms with van der Waals surface area (Å²) in [5.41, 5.74) is 1.25. The predicted octanol–water partition coefficient (Wildman–Crippen LogP) is 3.14. The minimum absolute atomic E-state index is 0.365. The summed E-state index contributed by atoms with van der Waals surface area (Å²) in [6, 6.07) is 5.12. The van der Waals surface area contributed by atoms with Crippen LogP contribution < -0.4 is 5.32 Å². The third-order valence-electron chi connectivity index (χ3n) is 2.00. The van der Waals surface area contributed by atoms with Crippen LogP contribution in [0.3, 0.4) is 0 Å². The van der Waals surface area contributed by atoms with Crippen LogP contribution in [0.25, 0.3) is 0 Å². The van der Waals surface area contributed by atoms with Crippen LogP contribution in [0.4, 0.5) is 8.78 Å². The molecule has 0 bridgehead atoms. The number of carbonyl (C=O) groups excluding carboxylic acids is 1. The summed E-state index contributed by atoms with van der Waals surface area (Å²) in [4.78, 5) is 11.6. The number of alkyl halides is 2. The van der Waals surface area contributed by atoms with E-state index in [2.05, 4.69) is 21.2 Å². The maximum absolute atomic E-state index is 12.6. The number of rotatable bonds is 3. The molecule has 0 atom stereocenters. The lowest BCUT2D eigenvalue weighted by molar-refractivity contribution is 0.0221. The monoisotopic (exact) mass is 291 g/mol. The standard InChI is InChI=1S/C11H12BrF2NO/c1-7-4-3-5-8(9(7)12)10(16)15-6-11(2,13)14/h3-5H,6H2,1-2H3,(H,15,16). The van der Waals surface area contributed by atoms with Crippen LogP contribution in [0.2, 0.25) is 0 Å². The smallest absolute Gasteiger partial charge is 0.262 e. The Balaban J connectivity index is 2.78. The molecule has 0 radical (unpaired) electrons. The van der Waals surface area contributed by atoms with E-state index in [9.17, 15) is 13.6 Å². The summed E-state index contributed by atoms with van der Waals surface area (Å²) in [7, 11) is 0. The highest BCUT2D eigenvalue weighted by Crippen LogP contribution is 2.21. The fourth-order valence-electron chi connectivity index (χ4n) is 1.15. The first-order chi connectivity index (χ1) is 7.31. The van der Waals surface area contributed by atoms with Gasteiger partial charge in [-0.05, 0) is 34.5 Å². The van der Waals surface area contributed by atoms with Crippen LogP contribution in [0.15, 0.2) is 22.7 Å². The zero-order valence-corrected chi connectivity index (χ0v) is 10.6. The van der Waals surface area contributed by atoms with Gasteiger partial charge in [0.15, 0.2) is 0 Å². The molecule has 1 aromatic rings. The van der Waals surface area contributed by atoms with Crippen LogP contribution >= 0.6 is 15.9 Å². The van der Waals surface area contributed by atoms with Crippen LogP contribution in [0, 0.1) is 6.92 Å². The minimum atomic E-state index is -2.90. The molecule has 1 N–H and O–H groups in total. The lowest BCUT2D eigenvalue weighted by Crippen LogP contribution is -2.34. The third kappa shape index (κ3) is 3.56. The van der Waals surface area contributed by atoms with Crippen molar-refractivity contribution in [3.63, 3.8) is 0 Å². The molecule has 0 aliphatic carbocycles. The van der Waals surface area contributed by atoms with Gasteiger partial charge < -0.3 is 5.32 Å². The van der Waals surface area contributed by atoms with E-state index in [0.717, 1.165) is 12.5 Å². The molecule has 5 heteroatoms. The van der Waals surface area contributed by atoms with Crippen molar-refractivity contribution in [2.75, 3.05) is 6.54 Å². The van der Waals surface area contributed by atoms with Crippen molar-refractivity contribution < 1.29 is 13.6 Å². The van der Waals surface area contributed by atoms with Gasteiger partial charge in [0.2, 0.25) is 0 Å². The number of hydrogen-bond donors (Lipinski definition) is 1. The Hall–Kier alpha value is -0.970. The molecular formula is C11H12BrF2NO. The molecular weight excluding hydrogens is 280 g/mol. The lowest BCUT2D eigenvalue weighted by Gasteiger charge is -2.12. The van der Waals surface area contributed by atoms with Gasteiger partial charge in [-0.1, -0.05) is 12.1 Å². The van der Waals surface area contributed by atoms with Crippen molar-refractivity contribution in [2.45, 2.75) is 19.8 Å².